The molecule has 7 nitrogen and oxygen atoms in total. The van der Waals surface area contributed by atoms with E-state index in [1.807, 2.05) is 30.3 Å². The highest BCUT2D eigenvalue weighted by molar-refractivity contribution is 6.35. The van der Waals surface area contributed by atoms with Crippen molar-refractivity contribution >= 4 is 11.8 Å². The first-order chi connectivity index (χ1) is 13.0. The van der Waals surface area contributed by atoms with Crippen LogP contribution in [0.2, 0.25) is 0 Å². The smallest absolute Gasteiger partial charge is 0.309 e. The Balaban J connectivity index is 1.65. The fourth-order valence-electron chi connectivity index (χ4n) is 2.72. The molecule has 0 aliphatic rings. The maximum Gasteiger partial charge on any atom is 0.309 e. The molecule has 1 aromatic carbocycles. The summed E-state index contributed by atoms with van der Waals surface area (Å²) in [6.07, 6.45) is 4.17. The predicted molar refractivity (Wildman–Crippen MR) is 96.4 cm³/mol. The minimum Gasteiger partial charge on any atom is -0.472 e. The number of hydrogen-bond acceptors (Lipinski definition) is 5. The van der Waals surface area contributed by atoms with Crippen LogP contribution in [0.5, 0.6) is 0 Å². The molecule has 0 bridgehead atoms. The first-order valence-electron chi connectivity index (χ1n) is 8.43. The van der Waals surface area contributed by atoms with Gasteiger partial charge in [-0.1, -0.05) is 30.3 Å². The number of aliphatic hydroxyl groups is 1. The minimum absolute atomic E-state index is 0.224. The fourth-order valence-corrected chi connectivity index (χ4v) is 2.72. The maximum atomic E-state index is 12.2. The molecule has 3 aromatic rings. The molecular formula is C20H20N2O5. The van der Waals surface area contributed by atoms with Crippen molar-refractivity contribution in [2.45, 2.75) is 18.6 Å². The van der Waals surface area contributed by atoms with E-state index in [4.69, 9.17) is 8.83 Å². The van der Waals surface area contributed by atoms with Crippen molar-refractivity contribution in [2.75, 3.05) is 6.54 Å². The second kappa shape index (κ2) is 7.92. The molecule has 0 spiro atoms. The maximum absolute atomic E-state index is 12.2. The molecule has 0 aliphatic heterocycles. The number of carbonyl (C=O) groups is 2. The Morgan fingerprint density at radius 3 is 2.48 bits per heavy atom. The van der Waals surface area contributed by atoms with Gasteiger partial charge in [0.1, 0.15) is 5.76 Å². The minimum atomic E-state index is -1.66. The SMILES string of the molecule is CC(NC(=O)C(=O)NCC(O)(c1ccoc1)c1ccco1)c1ccccc1. The van der Waals surface area contributed by atoms with Gasteiger partial charge in [-0.3, -0.25) is 9.59 Å². The molecule has 2 unspecified atom stereocenters. The van der Waals surface area contributed by atoms with Gasteiger partial charge < -0.3 is 24.6 Å². The van der Waals surface area contributed by atoms with Gasteiger partial charge in [-0.05, 0) is 30.7 Å². The van der Waals surface area contributed by atoms with Gasteiger partial charge in [-0.15, -0.1) is 0 Å². The predicted octanol–water partition coefficient (Wildman–Crippen LogP) is 2.10. The highest BCUT2D eigenvalue weighted by Crippen LogP contribution is 2.29. The number of furan rings is 2. The molecule has 3 rings (SSSR count). The molecule has 2 amide bonds. The lowest BCUT2D eigenvalue weighted by atomic mass is 9.93. The van der Waals surface area contributed by atoms with Crippen molar-refractivity contribution in [3.8, 4) is 0 Å². The highest BCUT2D eigenvalue weighted by Gasteiger charge is 2.36. The molecule has 0 aliphatic carbocycles. The zero-order valence-corrected chi connectivity index (χ0v) is 14.7. The van der Waals surface area contributed by atoms with Crippen LogP contribution in [-0.4, -0.2) is 23.5 Å². The molecule has 2 atom stereocenters. The van der Waals surface area contributed by atoms with Crippen LogP contribution >= 0.6 is 0 Å². The van der Waals surface area contributed by atoms with E-state index in [2.05, 4.69) is 10.6 Å². The van der Waals surface area contributed by atoms with E-state index in [0.717, 1.165) is 5.56 Å². The van der Waals surface area contributed by atoms with Crippen molar-refractivity contribution in [1.82, 2.24) is 10.6 Å². The Kier molecular flexibility index (Phi) is 5.42. The summed E-state index contributed by atoms with van der Waals surface area (Å²) in [5, 5.41) is 16.1. The summed E-state index contributed by atoms with van der Waals surface area (Å²) in [6, 6.07) is 13.7. The van der Waals surface area contributed by atoms with E-state index in [1.165, 1.54) is 18.8 Å². The van der Waals surface area contributed by atoms with Crippen molar-refractivity contribution in [1.29, 1.82) is 0 Å². The Hall–Kier alpha value is -3.32. The zero-order chi connectivity index (χ0) is 19.3. The van der Waals surface area contributed by atoms with Crippen LogP contribution in [-0.2, 0) is 15.2 Å². The van der Waals surface area contributed by atoms with E-state index >= 15 is 0 Å². The molecule has 7 heteroatoms. The Morgan fingerprint density at radius 1 is 1.07 bits per heavy atom. The number of amides is 2. The van der Waals surface area contributed by atoms with E-state index < -0.39 is 17.4 Å². The number of carbonyl (C=O) groups excluding carboxylic acids is 2. The summed E-state index contributed by atoms with van der Waals surface area (Å²) in [5.74, 6) is -1.42. The second-order valence-corrected chi connectivity index (χ2v) is 6.14. The van der Waals surface area contributed by atoms with Crippen LogP contribution in [0.1, 0.15) is 29.9 Å². The Morgan fingerprint density at radius 2 is 1.85 bits per heavy atom. The molecule has 27 heavy (non-hydrogen) atoms. The van der Waals surface area contributed by atoms with Crippen LogP contribution in [0.15, 0.2) is 76.2 Å². The lowest BCUT2D eigenvalue weighted by molar-refractivity contribution is -0.140. The van der Waals surface area contributed by atoms with Gasteiger partial charge >= 0.3 is 11.8 Å². The lowest BCUT2D eigenvalue weighted by Crippen LogP contribution is -2.47. The summed E-state index contributed by atoms with van der Waals surface area (Å²) in [4.78, 5) is 24.4. The normalized spacial score (nSPS) is 14.1. The van der Waals surface area contributed by atoms with Crippen molar-refractivity contribution < 1.29 is 23.5 Å². The van der Waals surface area contributed by atoms with E-state index in [-0.39, 0.29) is 18.3 Å². The van der Waals surface area contributed by atoms with Gasteiger partial charge in [-0.25, -0.2) is 0 Å². The van der Waals surface area contributed by atoms with E-state index in [9.17, 15) is 14.7 Å². The van der Waals surface area contributed by atoms with Crippen molar-refractivity contribution in [2.24, 2.45) is 0 Å². The summed E-state index contributed by atoms with van der Waals surface area (Å²) >= 11 is 0. The second-order valence-electron chi connectivity index (χ2n) is 6.14. The third-order valence-electron chi connectivity index (χ3n) is 4.29. The average Bonchev–Trinajstić information content (AvgIpc) is 3.40. The molecule has 2 aromatic heterocycles. The summed E-state index contributed by atoms with van der Waals surface area (Å²) < 4.78 is 10.3. The molecule has 0 saturated heterocycles. The monoisotopic (exact) mass is 368 g/mol. The summed E-state index contributed by atoms with van der Waals surface area (Å²) in [5.41, 5.74) is -0.378. The van der Waals surface area contributed by atoms with Crippen LogP contribution in [0, 0.1) is 0 Å². The van der Waals surface area contributed by atoms with Gasteiger partial charge in [0.2, 0.25) is 0 Å². The molecule has 0 fully saturated rings. The third kappa shape index (κ3) is 4.09. The summed E-state index contributed by atoms with van der Waals surface area (Å²) in [6.45, 7) is 1.52. The Labute approximate surface area is 156 Å². The number of benzene rings is 1. The van der Waals surface area contributed by atoms with Crippen LogP contribution in [0.3, 0.4) is 0 Å². The first-order valence-corrected chi connectivity index (χ1v) is 8.43. The number of nitrogens with one attached hydrogen (secondary N) is 2. The number of rotatable bonds is 6. The van der Waals surface area contributed by atoms with Gasteiger partial charge in [0.25, 0.3) is 0 Å². The van der Waals surface area contributed by atoms with Crippen LogP contribution in [0.25, 0.3) is 0 Å². The average molecular weight is 368 g/mol. The first kappa shape index (κ1) is 18.5. The fraction of sp³-hybridized carbons (Fsp3) is 0.200. The lowest BCUT2D eigenvalue weighted by Gasteiger charge is -2.25. The molecule has 3 N–H and O–H groups in total. The van der Waals surface area contributed by atoms with Crippen LogP contribution in [0.4, 0.5) is 0 Å². The van der Waals surface area contributed by atoms with Gasteiger partial charge in [0.05, 0.1) is 31.4 Å². The molecule has 140 valence electrons. The topological polar surface area (TPSA) is 105 Å². The molecule has 0 radical (unpaired) electrons. The van der Waals surface area contributed by atoms with Gasteiger partial charge in [0, 0.05) is 5.56 Å². The van der Waals surface area contributed by atoms with E-state index in [1.54, 1.807) is 25.1 Å². The molecule has 2 heterocycles. The van der Waals surface area contributed by atoms with Crippen molar-refractivity contribution in [3.05, 3.63) is 84.2 Å². The molecule has 0 saturated carbocycles. The van der Waals surface area contributed by atoms with E-state index in [0.29, 0.717) is 5.56 Å². The quantitative estimate of drug-likeness (QED) is 0.578. The summed E-state index contributed by atoms with van der Waals surface area (Å²) in [7, 11) is 0. The highest BCUT2D eigenvalue weighted by atomic mass is 16.4. The zero-order valence-electron chi connectivity index (χ0n) is 14.7. The third-order valence-corrected chi connectivity index (χ3v) is 4.29. The van der Waals surface area contributed by atoms with Gasteiger partial charge in [0.15, 0.2) is 5.60 Å². The standard InChI is InChI=1S/C20H20N2O5/c1-14(15-6-3-2-4-7-15)22-19(24)18(23)21-13-20(25,16-9-11-26-12-16)17-8-5-10-27-17/h2-12,14,25H,13H2,1H3,(H,21,23)(H,22,24). The molecular weight excluding hydrogens is 348 g/mol. The van der Waals surface area contributed by atoms with Crippen LogP contribution < -0.4 is 10.6 Å². The Bertz CT molecular complexity index is 838. The number of hydrogen-bond donors (Lipinski definition) is 3. The largest absolute Gasteiger partial charge is 0.472 e. The van der Waals surface area contributed by atoms with Crippen molar-refractivity contribution in [3.63, 3.8) is 0 Å². The van der Waals surface area contributed by atoms with Gasteiger partial charge in [-0.2, -0.15) is 0 Å².